The molecule has 1 aromatic carbocycles. The molecular formula is C12H11ClN4. The molecule has 0 radical (unpaired) electrons. The van der Waals surface area contributed by atoms with Gasteiger partial charge in [-0.2, -0.15) is 5.26 Å². The van der Waals surface area contributed by atoms with E-state index in [1.165, 1.54) is 0 Å². The van der Waals surface area contributed by atoms with Crippen LogP contribution in [0.1, 0.15) is 11.3 Å². The third-order valence-electron chi connectivity index (χ3n) is 2.48. The van der Waals surface area contributed by atoms with E-state index < -0.39 is 0 Å². The summed E-state index contributed by atoms with van der Waals surface area (Å²) in [5.41, 5.74) is 2.41. The zero-order valence-corrected chi connectivity index (χ0v) is 10.1. The summed E-state index contributed by atoms with van der Waals surface area (Å²) >= 11 is 5.86. The Hall–Kier alpha value is -1.99. The van der Waals surface area contributed by atoms with Gasteiger partial charge in [-0.25, -0.2) is 4.98 Å². The third kappa shape index (κ3) is 2.58. The van der Waals surface area contributed by atoms with Gasteiger partial charge in [0.1, 0.15) is 6.07 Å². The number of nitriles is 1. The summed E-state index contributed by atoms with van der Waals surface area (Å²) in [5.74, 6) is 0. The van der Waals surface area contributed by atoms with Gasteiger partial charge in [-0.05, 0) is 18.2 Å². The van der Waals surface area contributed by atoms with Gasteiger partial charge in [0.2, 0.25) is 0 Å². The first-order valence-electron chi connectivity index (χ1n) is 5.09. The summed E-state index contributed by atoms with van der Waals surface area (Å²) in [4.78, 5) is 4.03. The van der Waals surface area contributed by atoms with Crippen molar-refractivity contribution in [2.75, 3.05) is 5.32 Å². The van der Waals surface area contributed by atoms with Crippen LogP contribution in [0.5, 0.6) is 0 Å². The molecule has 1 heterocycles. The van der Waals surface area contributed by atoms with E-state index in [2.05, 4.69) is 16.4 Å². The minimum atomic E-state index is 0.471. The predicted octanol–water partition coefficient (Wildman–Crippen LogP) is 2.56. The molecule has 0 aliphatic carbocycles. The molecule has 0 saturated heterocycles. The summed E-state index contributed by atoms with van der Waals surface area (Å²) < 4.78 is 1.94. The predicted molar refractivity (Wildman–Crippen MR) is 66.7 cm³/mol. The number of nitrogens with zero attached hydrogens (tertiary/aromatic N) is 3. The van der Waals surface area contributed by atoms with Crippen molar-refractivity contribution in [3.8, 4) is 6.07 Å². The highest BCUT2D eigenvalue weighted by molar-refractivity contribution is 6.31. The van der Waals surface area contributed by atoms with Gasteiger partial charge in [0, 0.05) is 18.9 Å². The average Bonchev–Trinajstić information content (AvgIpc) is 2.74. The molecule has 0 atom stereocenters. The van der Waals surface area contributed by atoms with Crippen molar-refractivity contribution in [1.82, 2.24) is 9.55 Å². The molecular weight excluding hydrogens is 236 g/mol. The molecule has 1 aromatic heterocycles. The van der Waals surface area contributed by atoms with Crippen LogP contribution in [0, 0.1) is 11.3 Å². The van der Waals surface area contributed by atoms with Crippen molar-refractivity contribution < 1.29 is 0 Å². The maximum atomic E-state index is 8.86. The zero-order chi connectivity index (χ0) is 12.3. The monoisotopic (exact) mass is 246 g/mol. The Morgan fingerprint density at radius 1 is 1.53 bits per heavy atom. The van der Waals surface area contributed by atoms with E-state index in [0.29, 0.717) is 17.1 Å². The lowest BCUT2D eigenvalue weighted by molar-refractivity contribution is 0.837. The van der Waals surface area contributed by atoms with Crippen LogP contribution in [0.2, 0.25) is 5.02 Å². The Morgan fingerprint density at radius 3 is 3.00 bits per heavy atom. The first-order valence-corrected chi connectivity index (χ1v) is 5.47. The number of rotatable bonds is 3. The summed E-state index contributed by atoms with van der Waals surface area (Å²) in [5, 5.41) is 12.6. The molecule has 0 amide bonds. The number of hydrogen-bond donors (Lipinski definition) is 1. The van der Waals surface area contributed by atoms with Gasteiger partial charge in [0.15, 0.2) is 0 Å². The van der Waals surface area contributed by atoms with Crippen molar-refractivity contribution in [1.29, 1.82) is 5.26 Å². The van der Waals surface area contributed by atoms with Crippen LogP contribution >= 0.6 is 11.6 Å². The number of aromatic nitrogens is 2. The molecule has 0 unspecified atom stereocenters. The number of benzene rings is 1. The van der Waals surface area contributed by atoms with Crippen LogP contribution in [0.25, 0.3) is 0 Å². The zero-order valence-electron chi connectivity index (χ0n) is 9.31. The molecule has 0 aliphatic heterocycles. The number of halogens is 1. The van der Waals surface area contributed by atoms with Gasteiger partial charge in [-0.3, -0.25) is 0 Å². The first-order chi connectivity index (χ1) is 8.20. The lowest BCUT2D eigenvalue weighted by atomic mass is 10.2. The highest BCUT2D eigenvalue weighted by atomic mass is 35.5. The Balaban J connectivity index is 2.10. The maximum absolute atomic E-state index is 8.86. The topological polar surface area (TPSA) is 53.6 Å². The second-order valence-electron chi connectivity index (χ2n) is 3.66. The van der Waals surface area contributed by atoms with Crippen LogP contribution in [0.3, 0.4) is 0 Å². The quantitative estimate of drug-likeness (QED) is 0.906. The molecule has 2 rings (SSSR count). The third-order valence-corrected chi connectivity index (χ3v) is 2.81. The molecule has 17 heavy (non-hydrogen) atoms. The van der Waals surface area contributed by atoms with E-state index in [-0.39, 0.29) is 0 Å². The Morgan fingerprint density at radius 2 is 2.35 bits per heavy atom. The SMILES string of the molecule is Cn1cncc1CNc1ccc(Cl)c(C#N)c1. The summed E-state index contributed by atoms with van der Waals surface area (Å²) in [7, 11) is 1.94. The number of nitrogens with one attached hydrogen (secondary N) is 1. The van der Waals surface area contributed by atoms with Gasteiger partial charge in [-0.1, -0.05) is 11.6 Å². The number of imidazole rings is 1. The van der Waals surface area contributed by atoms with Crippen molar-refractivity contribution in [2.45, 2.75) is 6.54 Å². The Kier molecular flexibility index (Phi) is 3.31. The fourth-order valence-corrected chi connectivity index (χ4v) is 1.63. The van der Waals surface area contributed by atoms with Gasteiger partial charge >= 0.3 is 0 Å². The van der Waals surface area contributed by atoms with E-state index in [0.717, 1.165) is 11.4 Å². The van der Waals surface area contributed by atoms with Crippen LogP contribution in [-0.2, 0) is 13.6 Å². The highest BCUT2D eigenvalue weighted by Gasteiger charge is 2.02. The summed E-state index contributed by atoms with van der Waals surface area (Å²) in [6.45, 7) is 0.656. The number of aryl methyl sites for hydroxylation is 1. The maximum Gasteiger partial charge on any atom is 0.101 e. The van der Waals surface area contributed by atoms with Crippen molar-refractivity contribution in [2.24, 2.45) is 7.05 Å². The van der Waals surface area contributed by atoms with Crippen LogP contribution < -0.4 is 5.32 Å². The first kappa shape index (κ1) is 11.5. The van der Waals surface area contributed by atoms with Gasteiger partial charge < -0.3 is 9.88 Å². The standard InChI is InChI=1S/C12H11ClN4/c1-17-8-15-6-11(17)7-16-10-2-3-12(13)9(4-10)5-14/h2-4,6,8,16H,7H2,1H3. The fourth-order valence-electron chi connectivity index (χ4n) is 1.47. The van der Waals surface area contributed by atoms with Gasteiger partial charge in [0.25, 0.3) is 0 Å². The van der Waals surface area contributed by atoms with E-state index in [4.69, 9.17) is 16.9 Å². The minimum Gasteiger partial charge on any atom is -0.379 e. The van der Waals surface area contributed by atoms with Crippen LogP contribution in [-0.4, -0.2) is 9.55 Å². The number of anilines is 1. The molecule has 0 aliphatic rings. The highest BCUT2D eigenvalue weighted by Crippen LogP contribution is 2.20. The molecule has 5 heteroatoms. The average molecular weight is 247 g/mol. The lowest BCUT2D eigenvalue weighted by Crippen LogP contribution is -2.04. The van der Waals surface area contributed by atoms with E-state index >= 15 is 0 Å². The van der Waals surface area contributed by atoms with Crippen LogP contribution in [0.15, 0.2) is 30.7 Å². The van der Waals surface area contributed by atoms with Gasteiger partial charge in [0.05, 0.1) is 29.2 Å². The van der Waals surface area contributed by atoms with Crippen molar-refractivity contribution in [3.05, 3.63) is 47.0 Å². The summed E-state index contributed by atoms with van der Waals surface area (Å²) in [6, 6.07) is 7.35. The lowest BCUT2D eigenvalue weighted by Gasteiger charge is -2.07. The second kappa shape index (κ2) is 4.89. The number of hydrogen-bond acceptors (Lipinski definition) is 3. The molecule has 0 fully saturated rings. The minimum absolute atomic E-state index is 0.471. The summed E-state index contributed by atoms with van der Waals surface area (Å²) in [6.07, 6.45) is 3.55. The van der Waals surface area contributed by atoms with E-state index in [9.17, 15) is 0 Å². The Bertz CT molecular complexity index is 568. The molecule has 2 aromatic rings. The largest absolute Gasteiger partial charge is 0.379 e. The smallest absolute Gasteiger partial charge is 0.101 e. The fraction of sp³-hybridized carbons (Fsp3) is 0.167. The molecule has 86 valence electrons. The van der Waals surface area contributed by atoms with Crippen molar-refractivity contribution in [3.63, 3.8) is 0 Å². The molecule has 0 saturated carbocycles. The molecule has 1 N–H and O–H groups in total. The van der Waals surface area contributed by atoms with Crippen molar-refractivity contribution >= 4 is 17.3 Å². The molecule has 0 bridgehead atoms. The van der Waals surface area contributed by atoms with Crippen LogP contribution in [0.4, 0.5) is 5.69 Å². The van der Waals surface area contributed by atoms with E-state index in [1.807, 2.05) is 17.7 Å². The molecule has 0 spiro atoms. The second-order valence-corrected chi connectivity index (χ2v) is 4.06. The Labute approximate surface area is 104 Å². The van der Waals surface area contributed by atoms with Gasteiger partial charge in [-0.15, -0.1) is 0 Å². The normalized spacial score (nSPS) is 9.94. The molecule has 4 nitrogen and oxygen atoms in total. The van der Waals surface area contributed by atoms with E-state index in [1.54, 1.807) is 24.7 Å².